The van der Waals surface area contributed by atoms with Gasteiger partial charge in [-0.2, -0.15) is 5.26 Å². The van der Waals surface area contributed by atoms with Crippen LogP contribution in [0.3, 0.4) is 0 Å². The van der Waals surface area contributed by atoms with Crippen molar-refractivity contribution in [3.63, 3.8) is 0 Å². The predicted octanol–water partition coefficient (Wildman–Crippen LogP) is 0.978. The first kappa shape index (κ1) is 12.9. The first-order valence-corrected chi connectivity index (χ1v) is 4.80. The predicted molar refractivity (Wildman–Crippen MR) is 59.4 cm³/mol. The van der Waals surface area contributed by atoms with E-state index in [0.717, 1.165) is 6.07 Å². The van der Waals surface area contributed by atoms with Crippen molar-refractivity contribution in [3.8, 4) is 11.9 Å². The van der Waals surface area contributed by atoms with E-state index in [1.807, 2.05) is 0 Å². The summed E-state index contributed by atoms with van der Waals surface area (Å²) in [6, 6.07) is 2.89. The fourth-order valence-electron chi connectivity index (χ4n) is 0.998. The first-order chi connectivity index (χ1) is 7.83. The average molecular weight is 236 g/mol. The summed E-state index contributed by atoms with van der Waals surface area (Å²) >= 11 is 0. The first-order valence-electron chi connectivity index (χ1n) is 4.80. The summed E-state index contributed by atoms with van der Waals surface area (Å²) in [4.78, 5) is 13.8. The van der Waals surface area contributed by atoms with Crippen molar-refractivity contribution in [1.29, 1.82) is 5.26 Å². The minimum Gasteiger partial charge on any atom is -0.471 e. The quantitative estimate of drug-likeness (QED) is 0.615. The van der Waals surface area contributed by atoms with Gasteiger partial charge in [0.2, 0.25) is 0 Å². The van der Waals surface area contributed by atoms with Crippen LogP contribution < -0.4 is 10.5 Å². The summed E-state index contributed by atoms with van der Waals surface area (Å²) in [6.07, 6.45) is 1.21. The minimum absolute atomic E-state index is 0.0900. The lowest BCUT2D eigenvalue weighted by Crippen LogP contribution is -2.38. The Balaban J connectivity index is 3.00. The molecule has 0 aromatic carbocycles. The Bertz CT molecular complexity index is 473. The molecule has 0 aliphatic rings. The standard InChI is InChI=1S/C10H12N4O3/c1-10(2,12)6-17-9-8(14(15)16)3-7(4-11)5-13-9/h3,5H,6,12H2,1-2H3. The number of hydrogen-bond acceptors (Lipinski definition) is 6. The van der Waals surface area contributed by atoms with Crippen molar-refractivity contribution in [2.24, 2.45) is 5.73 Å². The van der Waals surface area contributed by atoms with E-state index < -0.39 is 10.5 Å². The normalized spacial score (nSPS) is 10.7. The molecule has 1 aromatic heterocycles. The summed E-state index contributed by atoms with van der Waals surface area (Å²) in [6.45, 7) is 3.54. The molecule has 0 fully saturated rings. The molecule has 7 heteroatoms. The molecule has 0 saturated carbocycles. The van der Waals surface area contributed by atoms with E-state index >= 15 is 0 Å². The summed E-state index contributed by atoms with van der Waals surface area (Å²) in [7, 11) is 0. The second kappa shape index (κ2) is 4.76. The van der Waals surface area contributed by atoms with Gasteiger partial charge in [-0.1, -0.05) is 0 Å². The van der Waals surface area contributed by atoms with Crippen LogP contribution in [0.4, 0.5) is 5.69 Å². The van der Waals surface area contributed by atoms with Gasteiger partial charge in [0.05, 0.1) is 10.5 Å². The van der Waals surface area contributed by atoms with Crippen LogP contribution in [0.25, 0.3) is 0 Å². The van der Waals surface area contributed by atoms with E-state index in [0.29, 0.717) is 0 Å². The zero-order valence-electron chi connectivity index (χ0n) is 9.51. The lowest BCUT2D eigenvalue weighted by Gasteiger charge is -2.18. The zero-order chi connectivity index (χ0) is 13.1. The molecule has 1 aromatic rings. The fraction of sp³-hybridized carbons (Fsp3) is 0.400. The van der Waals surface area contributed by atoms with Crippen LogP contribution in [0.1, 0.15) is 19.4 Å². The lowest BCUT2D eigenvalue weighted by molar-refractivity contribution is -0.386. The molecule has 90 valence electrons. The topological polar surface area (TPSA) is 115 Å². The molecular weight excluding hydrogens is 224 g/mol. The van der Waals surface area contributed by atoms with Gasteiger partial charge in [-0.3, -0.25) is 10.1 Å². The summed E-state index contributed by atoms with van der Waals surface area (Å²) < 4.78 is 5.18. The van der Waals surface area contributed by atoms with Crippen molar-refractivity contribution < 1.29 is 9.66 Å². The molecule has 0 bridgehead atoms. The number of nitriles is 1. The van der Waals surface area contributed by atoms with E-state index in [1.165, 1.54) is 6.20 Å². The Morgan fingerprint density at radius 2 is 2.35 bits per heavy atom. The minimum atomic E-state index is -0.646. The molecule has 0 saturated heterocycles. The van der Waals surface area contributed by atoms with Crippen molar-refractivity contribution in [2.75, 3.05) is 6.61 Å². The highest BCUT2D eigenvalue weighted by molar-refractivity contribution is 5.46. The Kier molecular flexibility index (Phi) is 3.60. The number of nitrogens with zero attached hydrogens (tertiary/aromatic N) is 3. The smallest absolute Gasteiger partial charge is 0.332 e. The van der Waals surface area contributed by atoms with Crippen molar-refractivity contribution in [1.82, 2.24) is 4.98 Å². The Labute approximate surface area is 98.0 Å². The SMILES string of the molecule is CC(C)(N)COc1ncc(C#N)cc1[N+](=O)[O-]. The van der Waals surface area contributed by atoms with Gasteiger partial charge in [0, 0.05) is 17.8 Å². The monoisotopic (exact) mass is 236 g/mol. The van der Waals surface area contributed by atoms with Crippen molar-refractivity contribution >= 4 is 5.69 Å². The Morgan fingerprint density at radius 3 is 2.82 bits per heavy atom. The molecule has 0 amide bonds. The van der Waals surface area contributed by atoms with E-state index in [9.17, 15) is 10.1 Å². The van der Waals surface area contributed by atoms with Gasteiger partial charge in [0.1, 0.15) is 12.7 Å². The summed E-state index contributed by atoms with van der Waals surface area (Å²) in [5, 5.41) is 19.4. The number of aromatic nitrogens is 1. The van der Waals surface area contributed by atoms with Gasteiger partial charge in [-0.25, -0.2) is 4.98 Å². The van der Waals surface area contributed by atoms with Gasteiger partial charge in [-0.05, 0) is 13.8 Å². The molecule has 0 atom stereocenters. The van der Waals surface area contributed by atoms with E-state index in [1.54, 1.807) is 19.9 Å². The number of nitrogens with two attached hydrogens (primary N) is 1. The second-order valence-electron chi connectivity index (χ2n) is 4.19. The number of rotatable bonds is 4. The van der Waals surface area contributed by atoms with Crippen LogP contribution in [-0.2, 0) is 0 Å². The van der Waals surface area contributed by atoms with Crippen LogP contribution in [0.5, 0.6) is 5.88 Å². The van der Waals surface area contributed by atoms with Crippen LogP contribution >= 0.6 is 0 Å². The lowest BCUT2D eigenvalue weighted by atomic mass is 10.1. The van der Waals surface area contributed by atoms with Crippen molar-refractivity contribution in [3.05, 3.63) is 27.9 Å². The molecule has 7 nitrogen and oxygen atoms in total. The highest BCUT2D eigenvalue weighted by atomic mass is 16.6. The van der Waals surface area contributed by atoms with Crippen LogP contribution in [0.15, 0.2) is 12.3 Å². The highest BCUT2D eigenvalue weighted by Crippen LogP contribution is 2.25. The highest BCUT2D eigenvalue weighted by Gasteiger charge is 2.20. The molecule has 1 rings (SSSR count). The van der Waals surface area contributed by atoms with Gasteiger partial charge >= 0.3 is 5.69 Å². The second-order valence-corrected chi connectivity index (χ2v) is 4.19. The Hall–Kier alpha value is -2.20. The van der Waals surface area contributed by atoms with Crippen molar-refractivity contribution in [2.45, 2.75) is 19.4 Å². The number of pyridine rings is 1. The van der Waals surface area contributed by atoms with E-state index in [-0.39, 0.29) is 23.7 Å². The summed E-state index contributed by atoms with van der Waals surface area (Å²) in [5.74, 6) is -0.132. The maximum absolute atomic E-state index is 10.8. The molecule has 0 aliphatic carbocycles. The largest absolute Gasteiger partial charge is 0.471 e. The third-order valence-corrected chi connectivity index (χ3v) is 1.74. The van der Waals surface area contributed by atoms with Gasteiger partial charge in [0.25, 0.3) is 5.88 Å². The van der Waals surface area contributed by atoms with Crippen LogP contribution in [0, 0.1) is 21.4 Å². The van der Waals surface area contributed by atoms with Gasteiger partial charge < -0.3 is 10.5 Å². The summed E-state index contributed by atoms with van der Waals surface area (Å²) in [5.41, 5.74) is 4.84. The van der Waals surface area contributed by atoms with Crippen LogP contribution in [-0.4, -0.2) is 22.1 Å². The number of hydrogen-bond donors (Lipinski definition) is 1. The number of ether oxygens (including phenoxy) is 1. The number of nitro groups is 1. The third kappa shape index (κ3) is 3.70. The van der Waals surface area contributed by atoms with Gasteiger partial charge in [-0.15, -0.1) is 0 Å². The molecule has 0 unspecified atom stereocenters. The molecule has 1 heterocycles. The average Bonchev–Trinajstić information content (AvgIpc) is 2.25. The van der Waals surface area contributed by atoms with Gasteiger partial charge in [0.15, 0.2) is 0 Å². The molecule has 17 heavy (non-hydrogen) atoms. The maximum atomic E-state index is 10.8. The molecule has 0 radical (unpaired) electrons. The van der Waals surface area contributed by atoms with Crippen LogP contribution in [0.2, 0.25) is 0 Å². The van der Waals surface area contributed by atoms with E-state index in [2.05, 4.69) is 4.98 Å². The molecule has 0 aliphatic heterocycles. The zero-order valence-corrected chi connectivity index (χ0v) is 9.51. The third-order valence-electron chi connectivity index (χ3n) is 1.74. The van der Waals surface area contributed by atoms with E-state index in [4.69, 9.17) is 15.7 Å². The maximum Gasteiger partial charge on any atom is 0.332 e. The molecule has 0 spiro atoms. The molecular formula is C10H12N4O3. The molecule has 2 N–H and O–H groups in total. The fourth-order valence-corrected chi connectivity index (χ4v) is 0.998. The Morgan fingerprint density at radius 1 is 1.71 bits per heavy atom.